The summed E-state index contributed by atoms with van der Waals surface area (Å²) in [6.07, 6.45) is 2.88. The Bertz CT molecular complexity index is 114. The molecule has 0 saturated carbocycles. The van der Waals surface area contributed by atoms with E-state index in [0.29, 0.717) is 12.3 Å². The Hall–Kier alpha value is -0.120. The van der Waals surface area contributed by atoms with Crippen molar-refractivity contribution in [3.63, 3.8) is 0 Å². The molecule has 2 atom stereocenters. The molecule has 0 bridgehead atoms. The molecule has 0 aromatic rings. The van der Waals surface area contributed by atoms with Crippen molar-refractivity contribution in [1.82, 2.24) is 0 Å². The molecule has 0 aromatic heterocycles. The Morgan fingerprint density at radius 3 is 2.91 bits per heavy atom. The summed E-state index contributed by atoms with van der Waals surface area (Å²) < 4.78 is 5.26. The van der Waals surface area contributed by atoms with Crippen LogP contribution in [0.4, 0.5) is 0 Å². The summed E-state index contributed by atoms with van der Waals surface area (Å²) >= 11 is 0. The van der Waals surface area contributed by atoms with E-state index in [1.54, 1.807) is 6.92 Å². The predicted octanol–water partition coefficient (Wildman–Crippen LogP) is 0.470. The van der Waals surface area contributed by atoms with Crippen molar-refractivity contribution in [3.8, 4) is 0 Å². The van der Waals surface area contributed by atoms with Crippen LogP contribution in [0.15, 0.2) is 0 Å². The minimum atomic E-state index is -1.02. The van der Waals surface area contributed by atoms with Crippen LogP contribution in [0, 0.1) is 5.92 Å². The van der Waals surface area contributed by atoms with Gasteiger partial charge in [0.1, 0.15) is 5.72 Å². The molecule has 1 heterocycles. The maximum atomic E-state index is 9.29. The molecule has 11 heavy (non-hydrogen) atoms. The number of aliphatic hydroxyl groups is 1. The number of ether oxygens (including phenoxy) is 1. The van der Waals surface area contributed by atoms with Crippen LogP contribution in [0.2, 0.25) is 0 Å². The maximum absolute atomic E-state index is 9.29. The quantitative estimate of drug-likeness (QED) is 0.576. The van der Waals surface area contributed by atoms with Crippen molar-refractivity contribution in [1.29, 1.82) is 0 Å². The van der Waals surface area contributed by atoms with E-state index in [1.165, 1.54) is 0 Å². The first-order valence-corrected chi connectivity index (χ1v) is 4.17. The highest BCUT2D eigenvalue weighted by atomic mass is 16.5. The van der Waals surface area contributed by atoms with Crippen molar-refractivity contribution in [2.75, 3.05) is 13.2 Å². The molecule has 66 valence electrons. The van der Waals surface area contributed by atoms with E-state index < -0.39 is 5.72 Å². The number of hydrogen-bond donors (Lipinski definition) is 2. The summed E-state index contributed by atoms with van der Waals surface area (Å²) in [4.78, 5) is 0. The van der Waals surface area contributed by atoms with Gasteiger partial charge in [-0.25, -0.2) is 0 Å². The molecule has 1 saturated heterocycles. The van der Waals surface area contributed by atoms with Gasteiger partial charge in [0, 0.05) is 13.2 Å². The zero-order valence-corrected chi connectivity index (χ0v) is 7.05. The zero-order chi connectivity index (χ0) is 8.32. The SMILES string of the molecule is C[C@](N)(O)CC1CCCOC1. The van der Waals surface area contributed by atoms with E-state index in [1.807, 2.05) is 0 Å². The first kappa shape index (κ1) is 8.97. The van der Waals surface area contributed by atoms with Crippen LogP contribution < -0.4 is 5.73 Å². The molecule has 0 amide bonds. The van der Waals surface area contributed by atoms with Crippen molar-refractivity contribution in [2.45, 2.75) is 31.9 Å². The van der Waals surface area contributed by atoms with Gasteiger partial charge in [0.05, 0.1) is 0 Å². The fourth-order valence-electron chi connectivity index (χ4n) is 1.55. The van der Waals surface area contributed by atoms with Gasteiger partial charge in [-0.3, -0.25) is 0 Å². The fourth-order valence-corrected chi connectivity index (χ4v) is 1.55. The molecule has 1 fully saturated rings. The molecule has 1 aliphatic heterocycles. The highest BCUT2D eigenvalue weighted by Crippen LogP contribution is 2.20. The van der Waals surface area contributed by atoms with Crippen molar-refractivity contribution < 1.29 is 9.84 Å². The van der Waals surface area contributed by atoms with Gasteiger partial charge in [-0.2, -0.15) is 0 Å². The minimum absolute atomic E-state index is 0.448. The molecule has 1 rings (SSSR count). The highest BCUT2D eigenvalue weighted by Gasteiger charge is 2.22. The molecule has 1 aliphatic rings. The average Bonchev–Trinajstić information content (AvgIpc) is 1.85. The van der Waals surface area contributed by atoms with Crippen LogP contribution in [0.5, 0.6) is 0 Å². The molecule has 1 unspecified atom stereocenters. The molecule has 3 heteroatoms. The monoisotopic (exact) mass is 159 g/mol. The second-order valence-electron chi connectivity index (χ2n) is 3.64. The smallest absolute Gasteiger partial charge is 0.111 e. The second kappa shape index (κ2) is 3.52. The Kier molecular flexibility index (Phi) is 2.87. The second-order valence-corrected chi connectivity index (χ2v) is 3.64. The van der Waals surface area contributed by atoms with E-state index in [9.17, 15) is 5.11 Å². The lowest BCUT2D eigenvalue weighted by molar-refractivity contribution is -0.00784. The van der Waals surface area contributed by atoms with Crippen LogP contribution in [0.3, 0.4) is 0 Å². The highest BCUT2D eigenvalue weighted by molar-refractivity contribution is 4.72. The number of nitrogens with two attached hydrogens (primary N) is 1. The Labute approximate surface area is 67.5 Å². The van der Waals surface area contributed by atoms with E-state index in [4.69, 9.17) is 10.5 Å². The molecule has 3 N–H and O–H groups in total. The molecule has 3 nitrogen and oxygen atoms in total. The Balaban J connectivity index is 2.24. The van der Waals surface area contributed by atoms with E-state index in [-0.39, 0.29) is 0 Å². The summed E-state index contributed by atoms with van der Waals surface area (Å²) in [7, 11) is 0. The standard InChI is InChI=1S/C8H17NO2/c1-8(9,10)5-7-3-2-4-11-6-7/h7,10H,2-6,9H2,1H3/t7?,8-/m0/s1. The lowest BCUT2D eigenvalue weighted by Gasteiger charge is -2.27. The van der Waals surface area contributed by atoms with Gasteiger partial charge in [0.15, 0.2) is 0 Å². The summed E-state index contributed by atoms with van der Waals surface area (Å²) in [5, 5.41) is 9.29. The van der Waals surface area contributed by atoms with Crippen LogP contribution >= 0.6 is 0 Å². The maximum Gasteiger partial charge on any atom is 0.111 e. The van der Waals surface area contributed by atoms with Gasteiger partial charge >= 0.3 is 0 Å². The number of hydrogen-bond acceptors (Lipinski definition) is 3. The third-order valence-electron chi connectivity index (χ3n) is 1.96. The minimum Gasteiger partial charge on any atom is -0.381 e. The largest absolute Gasteiger partial charge is 0.381 e. The van der Waals surface area contributed by atoms with Gasteiger partial charge in [-0.15, -0.1) is 0 Å². The van der Waals surface area contributed by atoms with Crippen molar-refractivity contribution in [2.24, 2.45) is 11.7 Å². The molecule has 0 radical (unpaired) electrons. The molecule has 0 spiro atoms. The topological polar surface area (TPSA) is 55.5 Å². The normalized spacial score (nSPS) is 31.4. The van der Waals surface area contributed by atoms with E-state index in [2.05, 4.69) is 0 Å². The number of rotatable bonds is 2. The van der Waals surface area contributed by atoms with Crippen LogP contribution in [0.25, 0.3) is 0 Å². The lowest BCUT2D eigenvalue weighted by atomic mass is 9.93. The van der Waals surface area contributed by atoms with E-state index in [0.717, 1.165) is 26.1 Å². The van der Waals surface area contributed by atoms with Crippen LogP contribution in [-0.4, -0.2) is 24.0 Å². The fraction of sp³-hybridized carbons (Fsp3) is 1.00. The van der Waals surface area contributed by atoms with Gasteiger partial charge in [0.25, 0.3) is 0 Å². The van der Waals surface area contributed by atoms with Crippen molar-refractivity contribution >= 4 is 0 Å². The zero-order valence-electron chi connectivity index (χ0n) is 7.05. The van der Waals surface area contributed by atoms with Crippen LogP contribution in [0.1, 0.15) is 26.2 Å². The third kappa shape index (κ3) is 3.70. The Morgan fingerprint density at radius 2 is 2.45 bits per heavy atom. The summed E-state index contributed by atoms with van der Waals surface area (Å²) in [6.45, 7) is 3.26. The molecular weight excluding hydrogens is 142 g/mol. The summed E-state index contributed by atoms with van der Waals surface area (Å²) in [5.74, 6) is 0.448. The predicted molar refractivity (Wildman–Crippen MR) is 43.0 cm³/mol. The lowest BCUT2D eigenvalue weighted by Crippen LogP contribution is -2.39. The van der Waals surface area contributed by atoms with Gasteiger partial charge in [-0.05, 0) is 32.1 Å². The van der Waals surface area contributed by atoms with Crippen LogP contribution in [-0.2, 0) is 4.74 Å². The van der Waals surface area contributed by atoms with Crippen molar-refractivity contribution in [3.05, 3.63) is 0 Å². The average molecular weight is 159 g/mol. The van der Waals surface area contributed by atoms with Gasteiger partial charge in [0.2, 0.25) is 0 Å². The first-order chi connectivity index (χ1) is 5.08. The molecule has 0 aliphatic carbocycles. The third-order valence-corrected chi connectivity index (χ3v) is 1.96. The summed E-state index contributed by atoms with van der Waals surface area (Å²) in [6, 6.07) is 0. The van der Waals surface area contributed by atoms with E-state index >= 15 is 0 Å². The van der Waals surface area contributed by atoms with Gasteiger partial charge in [-0.1, -0.05) is 0 Å². The molecule has 0 aromatic carbocycles. The first-order valence-electron chi connectivity index (χ1n) is 4.17. The Morgan fingerprint density at radius 1 is 1.73 bits per heavy atom. The molecular formula is C8H17NO2. The van der Waals surface area contributed by atoms with Gasteiger partial charge < -0.3 is 15.6 Å². The summed E-state index contributed by atoms with van der Waals surface area (Å²) in [5.41, 5.74) is 4.44.